The maximum Gasteiger partial charge on any atom is 0.252 e. The van der Waals surface area contributed by atoms with Crippen LogP contribution in [0.15, 0.2) is 27.7 Å². The van der Waals surface area contributed by atoms with Gasteiger partial charge in [-0.3, -0.25) is 0 Å². The van der Waals surface area contributed by atoms with Crippen molar-refractivity contribution >= 4 is 21.9 Å². The van der Waals surface area contributed by atoms with E-state index in [4.69, 9.17) is 20.0 Å². The Balaban J connectivity index is 1.91. The predicted molar refractivity (Wildman–Crippen MR) is 84.6 cm³/mol. The van der Waals surface area contributed by atoms with Crippen molar-refractivity contribution in [3.05, 3.63) is 28.2 Å². The number of hydroxylamine groups is 2. The van der Waals surface area contributed by atoms with Crippen LogP contribution in [0.5, 0.6) is 5.75 Å². The van der Waals surface area contributed by atoms with Crippen LogP contribution in [0.4, 0.5) is 4.39 Å². The molecule has 0 bridgehead atoms. The van der Waals surface area contributed by atoms with Gasteiger partial charge in [-0.1, -0.05) is 15.9 Å². The molecule has 8 heteroatoms. The summed E-state index contributed by atoms with van der Waals surface area (Å²) in [6.07, 6.45) is -0.286. The topological polar surface area (TPSA) is 69.3 Å². The lowest BCUT2D eigenvalue weighted by Crippen LogP contribution is -2.62. The van der Waals surface area contributed by atoms with Crippen molar-refractivity contribution in [2.24, 2.45) is 10.7 Å². The summed E-state index contributed by atoms with van der Waals surface area (Å²) in [6.45, 7) is 0.762. The van der Waals surface area contributed by atoms with Crippen LogP contribution in [0.2, 0.25) is 0 Å². The van der Waals surface area contributed by atoms with Crippen molar-refractivity contribution < 1.29 is 18.7 Å². The SMILES string of the molecule is CN1OC2(N=C1N)c1cc(Br)ccc1OC1(CCCOC1)C2F. The Kier molecular flexibility index (Phi) is 3.33. The van der Waals surface area contributed by atoms with E-state index < -0.39 is 17.5 Å². The highest BCUT2D eigenvalue weighted by Gasteiger charge is 2.64. The van der Waals surface area contributed by atoms with Crippen molar-refractivity contribution in [3.63, 3.8) is 0 Å². The lowest BCUT2D eigenvalue weighted by molar-refractivity contribution is -0.254. The molecule has 0 radical (unpaired) electrons. The van der Waals surface area contributed by atoms with Crippen LogP contribution in [-0.2, 0) is 15.3 Å². The molecule has 0 saturated carbocycles. The van der Waals surface area contributed by atoms with Gasteiger partial charge in [0, 0.05) is 18.1 Å². The zero-order chi connectivity index (χ0) is 16.2. The molecule has 3 unspecified atom stereocenters. The molecule has 6 nitrogen and oxygen atoms in total. The van der Waals surface area contributed by atoms with Crippen molar-refractivity contribution in [3.8, 4) is 5.75 Å². The molecule has 3 atom stereocenters. The lowest BCUT2D eigenvalue weighted by atomic mass is 9.79. The number of hydrogen-bond donors (Lipinski definition) is 1. The molecule has 3 heterocycles. The van der Waals surface area contributed by atoms with Crippen molar-refractivity contribution in [1.29, 1.82) is 0 Å². The van der Waals surface area contributed by atoms with Crippen LogP contribution in [0.1, 0.15) is 18.4 Å². The zero-order valence-electron chi connectivity index (χ0n) is 12.6. The minimum atomic E-state index is -1.54. The van der Waals surface area contributed by atoms with Gasteiger partial charge in [0.2, 0.25) is 5.96 Å². The normalized spacial score (nSPS) is 36.0. The standard InChI is InChI=1S/C15H17BrFN3O3/c1-20-13(18)19-15(23-20)10-7-9(16)3-4-11(10)22-14(12(15)17)5-2-6-21-8-14/h3-4,7,12H,2,5-6,8H2,1H3,(H2,18,19). The Morgan fingerprint density at radius 3 is 2.96 bits per heavy atom. The van der Waals surface area contributed by atoms with Crippen molar-refractivity contribution in [2.75, 3.05) is 20.3 Å². The molecule has 1 aromatic carbocycles. The number of aliphatic imine (C=N–C) groups is 1. The second kappa shape index (κ2) is 5.06. The van der Waals surface area contributed by atoms with E-state index in [-0.39, 0.29) is 12.6 Å². The van der Waals surface area contributed by atoms with Gasteiger partial charge in [0.05, 0.1) is 12.2 Å². The average Bonchev–Trinajstić information content (AvgIpc) is 2.84. The summed E-state index contributed by atoms with van der Waals surface area (Å²) in [7, 11) is 1.61. The molecule has 124 valence electrons. The fraction of sp³-hybridized carbons (Fsp3) is 0.533. The van der Waals surface area contributed by atoms with Gasteiger partial charge in [0.25, 0.3) is 5.72 Å². The number of alkyl halides is 1. The van der Waals surface area contributed by atoms with Gasteiger partial charge in [0.15, 0.2) is 11.8 Å². The summed E-state index contributed by atoms with van der Waals surface area (Å²) >= 11 is 3.41. The molecule has 1 aromatic rings. The summed E-state index contributed by atoms with van der Waals surface area (Å²) in [6, 6.07) is 5.39. The van der Waals surface area contributed by atoms with Crippen molar-refractivity contribution in [1.82, 2.24) is 5.06 Å². The second-order valence-electron chi connectivity index (χ2n) is 6.08. The molecule has 3 aliphatic heterocycles. The number of hydrogen-bond acceptors (Lipinski definition) is 6. The minimum absolute atomic E-state index is 0.132. The van der Waals surface area contributed by atoms with Gasteiger partial charge in [-0.05, 0) is 31.0 Å². The molecule has 0 aliphatic carbocycles. The molecule has 1 saturated heterocycles. The summed E-state index contributed by atoms with van der Waals surface area (Å²) in [4.78, 5) is 10.1. The van der Waals surface area contributed by atoms with Crippen molar-refractivity contribution in [2.45, 2.75) is 30.3 Å². The fourth-order valence-electron chi connectivity index (χ4n) is 3.43. The number of nitrogens with two attached hydrogens (primary N) is 1. The number of guanidine groups is 1. The van der Waals surface area contributed by atoms with Crippen LogP contribution >= 0.6 is 15.9 Å². The maximum absolute atomic E-state index is 15.7. The summed E-state index contributed by atoms with van der Waals surface area (Å²) in [5, 5.41) is 1.29. The highest BCUT2D eigenvalue weighted by Crippen LogP contribution is 2.53. The Labute approximate surface area is 141 Å². The molecule has 2 N–H and O–H groups in total. The van der Waals surface area contributed by atoms with E-state index in [0.29, 0.717) is 24.3 Å². The highest BCUT2D eigenvalue weighted by atomic mass is 79.9. The monoisotopic (exact) mass is 385 g/mol. The van der Waals surface area contributed by atoms with Crippen LogP contribution < -0.4 is 10.5 Å². The molecular formula is C15H17BrFN3O3. The van der Waals surface area contributed by atoms with Crippen LogP contribution in [0.25, 0.3) is 0 Å². The molecular weight excluding hydrogens is 369 g/mol. The third-order valence-corrected chi connectivity index (χ3v) is 5.05. The Bertz CT molecular complexity index is 680. The van der Waals surface area contributed by atoms with E-state index in [9.17, 15) is 0 Å². The summed E-state index contributed by atoms with van der Waals surface area (Å²) in [5.41, 5.74) is 3.71. The molecule has 0 amide bonds. The van der Waals surface area contributed by atoms with E-state index >= 15 is 4.39 Å². The number of nitrogens with zero attached hydrogens (tertiary/aromatic N) is 2. The van der Waals surface area contributed by atoms with E-state index in [2.05, 4.69) is 20.9 Å². The highest BCUT2D eigenvalue weighted by molar-refractivity contribution is 9.10. The number of rotatable bonds is 0. The molecule has 1 fully saturated rings. The molecule has 23 heavy (non-hydrogen) atoms. The van der Waals surface area contributed by atoms with Gasteiger partial charge in [-0.15, -0.1) is 0 Å². The molecule has 0 aromatic heterocycles. The molecule has 2 spiro atoms. The quantitative estimate of drug-likeness (QED) is 0.740. The van der Waals surface area contributed by atoms with Gasteiger partial charge in [-0.25, -0.2) is 19.3 Å². The van der Waals surface area contributed by atoms with Gasteiger partial charge < -0.3 is 15.2 Å². The van der Waals surface area contributed by atoms with Crippen LogP contribution in [-0.4, -0.2) is 43.1 Å². The number of benzene rings is 1. The van der Waals surface area contributed by atoms with E-state index in [1.165, 1.54) is 5.06 Å². The minimum Gasteiger partial charge on any atom is -0.481 e. The third kappa shape index (κ3) is 2.08. The Hall–Kier alpha value is -1.38. The third-order valence-electron chi connectivity index (χ3n) is 4.56. The summed E-state index contributed by atoms with van der Waals surface area (Å²) < 4.78 is 28.1. The number of fused-ring (bicyclic) bond motifs is 2. The first-order valence-electron chi connectivity index (χ1n) is 7.46. The van der Waals surface area contributed by atoms with Gasteiger partial charge >= 0.3 is 0 Å². The first-order valence-corrected chi connectivity index (χ1v) is 8.25. The molecule has 3 aliphatic rings. The van der Waals surface area contributed by atoms with E-state index in [1.807, 2.05) is 6.07 Å². The number of ether oxygens (including phenoxy) is 2. The van der Waals surface area contributed by atoms with E-state index in [0.717, 1.165) is 10.9 Å². The van der Waals surface area contributed by atoms with Gasteiger partial charge in [0.1, 0.15) is 5.75 Å². The summed E-state index contributed by atoms with van der Waals surface area (Å²) in [5.74, 6) is 0.673. The predicted octanol–water partition coefficient (Wildman–Crippen LogP) is 2.07. The fourth-order valence-corrected chi connectivity index (χ4v) is 3.80. The van der Waals surface area contributed by atoms with Crippen LogP contribution in [0.3, 0.4) is 0 Å². The first-order chi connectivity index (χ1) is 11.0. The van der Waals surface area contributed by atoms with E-state index in [1.54, 1.807) is 19.2 Å². The average molecular weight is 386 g/mol. The largest absolute Gasteiger partial charge is 0.481 e. The lowest BCUT2D eigenvalue weighted by Gasteiger charge is -2.48. The first kappa shape index (κ1) is 15.2. The zero-order valence-corrected chi connectivity index (χ0v) is 14.2. The Morgan fingerprint density at radius 2 is 2.30 bits per heavy atom. The molecule has 4 rings (SSSR count). The second-order valence-corrected chi connectivity index (χ2v) is 7.00. The van der Waals surface area contributed by atoms with Crippen LogP contribution in [0, 0.1) is 0 Å². The number of halogens is 2. The Morgan fingerprint density at radius 1 is 1.48 bits per heavy atom. The maximum atomic E-state index is 15.7. The van der Waals surface area contributed by atoms with Gasteiger partial charge in [-0.2, -0.15) is 0 Å². The smallest absolute Gasteiger partial charge is 0.252 e.